The Morgan fingerprint density at radius 1 is 1.16 bits per heavy atom. The van der Waals surface area contributed by atoms with Crippen molar-refractivity contribution in [2.45, 2.75) is 53.0 Å². The molecule has 1 atom stereocenters. The second-order valence-corrected chi connectivity index (χ2v) is 8.15. The van der Waals surface area contributed by atoms with Crippen LogP contribution in [0.1, 0.15) is 44.9 Å². The van der Waals surface area contributed by atoms with Crippen LogP contribution in [0.15, 0.2) is 30.5 Å². The Hall–Kier alpha value is -2.80. The maximum absolute atomic E-state index is 9.76. The van der Waals surface area contributed by atoms with Crippen LogP contribution in [0.4, 0.5) is 11.8 Å². The standard InChI is InChI=1S/C24H36N6O/c1-5-30(6-2)13-7-8-17(3)27-23-14-18(4)28-24(29-23)25-12-11-19-16-26-22-10-9-20(31)15-21(19)22/h9-10,14-17,26,31H,5-8,11-13H2,1-4H3,(H2,25,27,28,29). The van der Waals surface area contributed by atoms with Crippen LogP contribution in [-0.4, -0.2) is 57.2 Å². The maximum atomic E-state index is 9.76. The van der Waals surface area contributed by atoms with Crippen molar-refractivity contribution >= 4 is 22.7 Å². The number of aromatic nitrogens is 3. The maximum Gasteiger partial charge on any atom is 0.224 e. The van der Waals surface area contributed by atoms with Gasteiger partial charge < -0.3 is 25.6 Å². The third-order valence-electron chi connectivity index (χ3n) is 5.68. The lowest BCUT2D eigenvalue weighted by atomic mass is 10.1. The Bertz CT molecular complexity index is 966. The van der Waals surface area contributed by atoms with Gasteiger partial charge in [0.2, 0.25) is 5.95 Å². The van der Waals surface area contributed by atoms with Crippen LogP contribution in [0.2, 0.25) is 0 Å². The molecule has 2 heterocycles. The van der Waals surface area contributed by atoms with Crippen LogP contribution in [0.25, 0.3) is 10.9 Å². The Morgan fingerprint density at radius 3 is 2.74 bits per heavy atom. The van der Waals surface area contributed by atoms with Gasteiger partial charge in [0.15, 0.2) is 0 Å². The summed E-state index contributed by atoms with van der Waals surface area (Å²) < 4.78 is 0. The highest BCUT2D eigenvalue weighted by molar-refractivity contribution is 5.84. The van der Waals surface area contributed by atoms with Gasteiger partial charge in [-0.3, -0.25) is 0 Å². The summed E-state index contributed by atoms with van der Waals surface area (Å²) in [5.41, 5.74) is 3.12. The third-order valence-corrected chi connectivity index (χ3v) is 5.68. The van der Waals surface area contributed by atoms with Gasteiger partial charge >= 0.3 is 0 Å². The number of aromatic amines is 1. The van der Waals surface area contributed by atoms with Crippen LogP contribution in [0.5, 0.6) is 5.75 Å². The van der Waals surface area contributed by atoms with Crippen LogP contribution in [-0.2, 0) is 6.42 Å². The molecule has 4 N–H and O–H groups in total. The van der Waals surface area contributed by atoms with Crippen molar-refractivity contribution in [3.8, 4) is 5.75 Å². The van der Waals surface area contributed by atoms with Gasteiger partial charge in [-0.1, -0.05) is 13.8 Å². The summed E-state index contributed by atoms with van der Waals surface area (Å²) in [5.74, 6) is 1.79. The number of nitrogens with zero attached hydrogens (tertiary/aromatic N) is 3. The average Bonchev–Trinajstić information content (AvgIpc) is 3.13. The van der Waals surface area contributed by atoms with Crippen molar-refractivity contribution in [2.75, 3.05) is 36.8 Å². The first-order chi connectivity index (χ1) is 15.0. The molecule has 0 amide bonds. The molecule has 168 valence electrons. The summed E-state index contributed by atoms with van der Waals surface area (Å²) in [6, 6.07) is 7.74. The first-order valence-electron chi connectivity index (χ1n) is 11.4. The van der Waals surface area contributed by atoms with E-state index in [-0.39, 0.29) is 5.75 Å². The van der Waals surface area contributed by atoms with Crippen molar-refractivity contribution in [2.24, 2.45) is 0 Å². The SMILES string of the molecule is CCN(CC)CCCC(C)Nc1cc(C)nc(NCCc2c[nH]c3ccc(O)cc23)n1. The lowest BCUT2D eigenvalue weighted by Crippen LogP contribution is -2.25. The third kappa shape index (κ3) is 6.59. The second kappa shape index (κ2) is 11.0. The van der Waals surface area contributed by atoms with E-state index in [9.17, 15) is 5.11 Å². The van der Waals surface area contributed by atoms with E-state index < -0.39 is 0 Å². The average molecular weight is 425 g/mol. The fraction of sp³-hybridized carbons (Fsp3) is 0.500. The molecule has 0 saturated carbocycles. The smallest absolute Gasteiger partial charge is 0.224 e. The Labute approximate surface area is 185 Å². The highest BCUT2D eigenvalue weighted by atomic mass is 16.3. The number of aryl methyl sites for hydroxylation is 1. The summed E-state index contributed by atoms with van der Waals surface area (Å²) in [5, 5.41) is 17.7. The number of nitrogens with one attached hydrogen (secondary N) is 3. The number of fused-ring (bicyclic) bond motifs is 1. The van der Waals surface area contributed by atoms with Crippen LogP contribution >= 0.6 is 0 Å². The quantitative estimate of drug-likeness (QED) is 0.341. The minimum atomic E-state index is 0.283. The lowest BCUT2D eigenvalue weighted by molar-refractivity contribution is 0.295. The van der Waals surface area contributed by atoms with Crippen LogP contribution in [0, 0.1) is 6.92 Å². The fourth-order valence-corrected chi connectivity index (χ4v) is 3.89. The van der Waals surface area contributed by atoms with Gasteiger partial charge in [-0.05, 0) is 76.5 Å². The largest absolute Gasteiger partial charge is 0.508 e. The van der Waals surface area contributed by atoms with Crippen molar-refractivity contribution in [1.82, 2.24) is 19.9 Å². The molecule has 0 aliphatic rings. The summed E-state index contributed by atoms with van der Waals surface area (Å²) in [6.45, 7) is 12.7. The number of rotatable bonds is 12. The van der Waals surface area contributed by atoms with Crippen molar-refractivity contribution in [3.63, 3.8) is 0 Å². The van der Waals surface area contributed by atoms with E-state index in [1.54, 1.807) is 12.1 Å². The predicted molar refractivity (Wildman–Crippen MR) is 129 cm³/mol. The van der Waals surface area contributed by atoms with Gasteiger partial charge in [0.05, 0.1) is 0 Å². The molecule has 31 heavy (non-hydrogen) atoms. The minimum Gasteiger partial charge on any atom is -0.508 e. The van der Waals surface area contributed by atoms with Crippen molar-refractivity contribution < 1.29 is 5.11 Å². The predicted octanol–water partition coefficient (Wildman–Crippen LogP) is 4.55. The van der Waals surface area contributed by atoms with E-state index in [1.165, 1.54) is 6.42 Å². The number of H-pyrrole nitrogens is 1. The molecule has 1 unspecified atom stereocenters. The monoisotopic (exact) mass is 424 g/mol. The van der Waals surface area contributed by atoms with Gasteiger partial charge in [-0.2, -0.15) is 4.98 Å². The van der Waals surface area contributed by atoms with E-state index >= 15 is 0 Å². The fourth-order valence-electron chi connectivity index (χ4n) is 3.89. The molecule has 2 aromatic heterocycles. The van der Waals surface area contributed by atoms with Crippen molar-refractivity contribution in [1.29, 1.82) is 0 Å². The number of phenols is 1. The molecular weight excluding hydrogens is 388 g/mol. The van der Waals surface area contributed by atoms with E-state index in [2.05, 4.69) is 51.3 Å². The number of phenolic OH excluding ortho intramolecular Hbond substituents is 1. The molecule has 0 radical (unpaired) electrons. The van der Waals surface area contributed by atoms with E-state index in [0.29, 0.717) is 18.5 Å². The number of anilines is 2. The molecular formula is C24H36N6O. The molecule has 0 saturated heterocycles. The van der Waals surface area contributed by atoms with E-state index in [1.807, 2.05) is 25.3 Å². The molecule has 3 aromatic rings. The molecule has 1 aromatic carbocycles. The van der Waals surface area contributed by atoms with E-state index in [0.717, 1.165) is 60.5 Å². The van der Waals surface area contributed by atoms with Gasteiger partial charge in [0.25, 0.3) is 0 Å². The molecule has 0 aliphatic heterocycles. The molecule has 0 fully saturated rings. The molecule has 0 aliphatic carbocycles. The molecule has 0 spiro atoms. The zero-order chi connectivity index (χ0) is 22.2. The number of aromatic hydroxyl groups is 1. The number of benzene rings is 1. The first kappa shape index (κ1) is 22.9. The van der Waals surface area contributed by atoms with Crippen molar-refractivity contribution in [3.05, 3.63) is 41.7 Å². The first-order valence-corrected chi connectivity index (χ1v) is 11.4. The van der Waals surface area contributed by atoms with Crippen LogP contribution in [0.3, 0.4) is 0 Å². The summed E-state index contributed by atoms with van der Waals surface area (Å²) in [7, 11) is 0. The highest BCUT2D eigenvalue weighted by Crippen LogP contribution is 2.23. The van der Waals surface area contributed by atoms with Gasteiger partial charge in [-0.25, -0.2) is 4.98 Å². The van der Waals surface area contributed by atoms with Crippen LogP contribution < -0.4 is 10.6 Å². The zero-order valence-electron chi connectivity index (χ0n) is 19.2. The minimum absolute atomic E-state index is 0.283. The second-order valence-electron chi connectivity index (χ2n) is 8.15. The van der Waals surface area contributed by atoms with Gasteiger partial charge in [-0.15, -0.1) is 0 Å². The number of hydrogen-bond acceptors (Lipinski definition) is 6. The molecule has 0 bridgehead atoms. The van der Waals surface area contributed by atoms with Gasteiger partial charge in [0, 0.05) is 41.4 Å². The summed E-state index contributed by atoms with van der Waals surface area (Å²) >= 11 is 0. The molecule has 7 nitrogen and oxygen atoms in total. The van der Waals surface area contributed by atoms with E-state index in [4.69, 9.17) is 0 Å². The summed E-state index contributed by atoms with van der Waals surface area (Å²) in [4.78, 5) is 14.9. The Kier molecular flexibility index (Phi) is 8.12. The normalized spacial score (nSPS) is 12.4. The highest BCUT2D eigenvalue weighted by Gasteiger charge is 2.09. The van der Waals surface area contributed by atoms with Gasteiger partial charge in [0.1, 0.15) is 11.6 Å². The zero-order valence-corrected chi connectivity index (χ0v) is 19.2. The summed E-state index contributed by atoms with van der Waals surface area (Å²) in [6.07, 6.45) is 5.09. The Balaban J connectivity index is 1.52. The Morgan fingerprint density at radius 2 is 1.97 bits per heavy atom. The lowest BCUT2D eigenvalue weighted by Gasteiger charge is -2.20. The topological polar surface area (TPSA) is 89.1 Å². The molecule has 3 rings (SSSR count). The number of hydrogen-bond donors (Lipinski definition) is 4. The molecule has 7 heteroatoms.